The summed E-state index contributed by atoms with van der Waals surface area (Å²) in [5.74, 6) is -0.629. The maximum atomic E-state index is 13.4. The molecular formula is C12H11FN2O2S. The highest BCUT2D eigenvalue weighted by molar-refractivity contribution is 7.92. The molecule has 0 aliphatic rings. The number of aryl methyl sites for hydroxylation is 1. The quantitative estimate of drug-likeness (QED) is 0.927. The smallest absolute Gasteiger partial charge is 0.263 e. The first-order valence-corrected chi connectivity index (χ1v) is 6.68. The van der Waals surface area contributed by atoms with Crippen LogP contribution in [0.4, 0.5) is 10.2 Å². The van der Waals surface area contributed by atoms with Crippen LogP contribution < -0.4 is 4.72 Å². The van der Waals surface area contributed by atoms with Gasteiger partial charge in [0, 0.05) is 5.69 Å². The second-order valence-corrected chi connectivity index (χ2v) is 5.35. The Morgan fingerprint density at radius 2 is 1.83 bits per heavy atom. The minimum absolute atomic E-state index is 0.165. The topological polar surface area (TPSA) is 59.1 Å². The van der Waals surface area contributed by atoms with Gasteiger partial charge in [0.15, 0.2) is 0 Å². The zero-order valence-corrected chi connectivity index (χ0v) is 10.4. The third kappa shape index (κ3) is 2.65. The van der Waals surface area contributed by atoms with Crippen LogP contribution >= 0.6 is 0 Å². The van der Waals surface area contributed by atoms with Crippen molar-refractivity contribution in [1.82, 2.24) is 4.98 Å². The molecule has 0 saturated carbocycles. The van der Waals surface area contributed by atoms with Crippen LogP contribution in [0, 0.1) is 12.7 Å². The maximum absolute atomic E-state index is 13.4. The Kier molecular flexibility index (Phi) is 3.29. The van der Waals surface area contributed by atoms with E-state index in [9.17, 15) is 12.8 Å². The van der Waals surface area contributed by atoms with Gasteiger partial charge in [-0.25, -0.2) is 17.8 Å². The van der Waals surface area contributed by atoms with Gasteiger partial charge in [0.1, 0.15) is 16.5 Å². The summed E-state index contributed by atoms with van der Waals surface area (Å²) in [5, 5.41) is 0. The van der Waals surface area contributed by atoms with E-state index in [0.717, 1.165) is 6.07 Å². The zero-order valence-electron chi connectivity index (χ0n) is 9.59. The van der Waals surface area contributed by atoms with E-state index in [4.69, 9.17) is 0 Å². The first-order valence-electron chi connectivity index (χ1n) is 5.20. The minimum atomic E-state index is -3.95. The molecule has 6 heteroatoms. The van der Waals surface area contributed by atoms with Crippen molar-refractivity contribution in [2.75, 3.05) is 4.72 Å². The van der Waals surface area contributed by atoms with Gasteiger partial charge >= 0.3 is 0 Å². The van der Waals surface area contributed by atoms with E-state index in [1.165, 1.54) is 24.3 Å². The lowest BCUT2D eigenvalue weighted by molar-refractivity contribution is 0.570. The van der Waals surface area contributed by atoms with Crippen molar-refractivity contribution in [1.29, 1.82) is 0 Å². The molecule has 4 nitrogen and oxygen atoms in total. The maximum Gasteiger partial charge on any atom is 0.265 e. The number of pyridine rings is 1. The van der Waals surface area contributed by atoms with E-state index in [1.807, 2.05) is 0 Å². The van der Waals surface area contributed by atoms with E-state index in [0.29, 0.717) is 5.69 Å². The molecule has 0 radical (unpaired) electrons. The molecule has 0 atom stereocenters. The van der Waals surface area contributed by atoms with Gasteiger partial charge in [0.05, 0.1) is 0 Å². The standard InChI is InChI=1S/C12H11FN2O2S/c1-9-5-4-8-12(14-9)15-18(16,17)11-7-3-2-6-10(11)13/h2-8H,1H3,(H,14,15). The number of halogens is 1. The first kappa shape index (κ1) is 12.5. The second kappa shape index (κ2) is 4.73. The number of sulfonamides is 1. The van der Waals surface area contributed by atoms with Gasteiger partial charge < -0.3 is 0 Å². The Morgan fingerprint density at radius 3 is 2.50 bits per heavy atom. The lowest BCUT2D eigenvalue weighted by atomic mass is 10.3. The molecule has 0 fully saturated rings. The van der Waals surface area contributed by atoms with Crippen LogP contribution in [0.25, 0.3) is 0 Å². The summed E-state index contributed by atoms with van der Waals surface area (Å²) in [6.07, 6.45) is 0. The molecule has 18 heavy (non-hydrogen) atoms. The Balaban J connectivity index is 2.37. The molecule has 0 aliphatic carbocycles. The number of rotatable bonds is 3. The molecule has 0 aliphatic heterocycles. The van der Waals surface area contributed by atoms with E-state index in [-0.39, 0.29) is 5.82 Å². The van der Waals surface area contributed by atoms with Crippen molar-refractivity contribution in [3.63, 3.8) is 0 Å². The largest absolute Gasteiger partial charge is 0.265 e. The van der Waals surface area contributed by atoms with Crippen molar-refractivity contribution in [2.45, 2.75) is 11.8 Å². The summed E-state index contributed by atoms with van der Waals surface area (Å²) >= 11 is 0. The Labute approximate surface area is 105 Å². The van der Waals surface area contributed by atoms with Gasteiger partial charge in [-0.2, -0.15) is 0 Å². The summed E-state index contributed by atoms with van der Waals surface area (Å²) in [5.41, 5.74) is 0.670. The van der Waals surface area contributed by atoms with Crippen LogP contribution in [0.15, 0.2) is 47.4 Å². The fraction of sp³-hybridized carbons (Fsp3) is 0.0833. The number of aromatic nitrogens is 1. The van der Waals surface area contributed by atoms with Crippen LogP contribution in [0.5, 0.6) is 0 Å². The van der Waals surface area contributed by atoms with Crippen molar-refractivity contribution in [3.05, 3.63) is 54.0 Å². The number of benzene rings is 1. The van der Waals surface area contributed by atoms with Gasteiger partial charge in [0.2, 0.25) is 0 Å². The molecule has 2 aromatic rings. The third-order valence-electron chi connectivity index (χ3n) is 2.25. The normalized spacial score (nSPS) is 11.2. The highest BCUT2D eigenvalue weighted by Gasteiger charge is 2.18. The summed E-state index contributed by atoms with van der Waals surface area (Å²) in [7, 11) is -3.95. The average Bonchev–Trinajstić information content (AvgIpc) is 2.28. The first-order chi connectivity index (χ1) is 8.49. The third-order valence-corrected chi connectivity index (χ3v) is 3.64. The molecule has 0 spiro atoms. The van der Waals surface area contributed by atoms with Crippen molar-refractivity contribution < 1.29 is 12.8 Å². The fourth-order valence-corrected chi connectivity index (χ4v) is 2.54. The van der Waals surface area contributed by atoms with Crippen molar-refractivity contribution in [2.24, 2.45) is 0 Å². The predicted octanol–water partition coefficient (Wildman–Crippen LogP) is 2.33. The molecule has 1 aromatic carbocycles. The zero-order chi connectivity index (χ0) is 13.2. The molecule has 1 N–H and O–H groups in total. The van der Waals surface area contributed by atoms with Crippen LogP contribution in [0.1, 0.15) is 5.69 Å². The monoisotopic (exact) mass is 266 g/mol. The van der Waals surface area contributed by atoms with Gasteiger partial charge in [-0.05, 0) is 31.2 Å². The van der Waals surface area contributed by atoms with Gasteiger partial charge in [-0.1, -0.05) is 18.2 Å². The van der Waals surface area contributed by atoms with Crippen LogP contribution in [0.3, 0.4) is 0 Å². The molecule has 0 bridgehead atoms. The summed E-state index contributed by atoms with van der Waals surface area (Å²) in [6, 6.07) is 10.1. The lowest BCUT2D eigenvalue weighted by Crippen LogP contribution is -2.15. The summed E-state index contributed by atoms with van der Waals surface area (Å²) in [6.45, 7) is 1.74. The van der Waals surface area contributed by atoms with E-state index >= 15 is 0 Å². The highest BCUT2D eigenvalue weighted by Crippen LogP contribution is 2.17. The molecule has 1 heterocycles. The number of nitrogens with zero attached hydrogens (tertiary/aromatic N) is 1. The minimum Gasteiger partial charge on any atom is -0.263 e. The summed E-state index contributed by atoms with van der Waals surface area (Å²) in [4.78, 5) is 3.61. The van der Waals surface area contributed by atoms with E-state index in [2.05, 4.69) is 9.71 Å². The van der Waals surface area contributed by atoms with Gasteiger partial charge in [-0.3, -0.25) is 4.72 Å². The molecular weight excluding hydrogens is 255 g/mol. The average molecular weight is 266 g/mol. The Morgan fingerprint density at radius 1 is 1.11 bits per heavy atom. The molecule has 2 rings (SSSR count). The molecule has 94 valence electrons. The van der Waals surface area contributed by atoms with Gasteiger partial charge in [0.25, 0.3) is 10.0 Å². The predicted molar refractivity (Wildman–Crippen MR) is 66.2 cm³/mol. The Bertz CT molecular complexity index is 671. The Hall–Kier alpha value is -1.95. The summed E-state index contributed by atoms with van der Waals surface area (Å²) < 4.78 is 39.6. The molecule has 0 amide bonds. The number of nitrogens with one attached hydrogen (secondary N) is 1. The second-order valence-electron chi connectivity index (χ2n) is 3.70. The SMILES string of the molecule is Cc1cccc(NS(=O)(=O)c2ccccc2F)n1. The number of hydrogen-bond donors (Lipinski definition) is 1. The van der Waals surface area contributed by atoms with Crippen molar-refractivity contribution >= 4 is 15.8 Å². The molecule has 0 unspecified atom stereocenters. The van der Waals surface area contributed by atoms with Crippen LogP contribution in [-0.4, -0.2) is 13.4 Å². The number of hydrogen-bond acceptors (Lipinski definition) is 3. The fourth-order valence-electron chi connectivity index (χ4n) is 1.46. The molecule has 0 saturated heterocycles. The van der Waals surface area contributed by atoms with E-state index < -0.39 is 20.7 Å². The van der Waals surface area contributed by atoms with Crippen molar-refractivity contribution in [3.8, 4) is 0 Å². The van der Waals surface area contributed by atoms with E-state index in [1.54, 1.807) is 19.1 Å². The lowest BCUT2D eigenvalue weighted by Gasteiger charge is -2.08. The molecule has 1 aromatic heterocycles. The van der Waals surface area contributed by atoms with Crippen LogP contribution in [-0.2, 0) is 10.0 Å². The highest BCUT2D eigenvalue weighted by atomic mass is 32.2. The van der Waals surface area contributed by atoms with Crippen LogP contribution in [0.2, 0.25) is 0 Å². The van der Waals surface area contributed by atoms with Gasteiger partial charge in [-0.15, -0.1) is 0 Å². The number of anilines is 1.